The minimum atomic E-state index is -0.796. The monoisotopic (exact) mass is 475 g/mol. The molecule has 172 valence electrons. The van der Waals surface area contributed by atoms with Gasteiger partial charge >= 0.3 is 5.97 Å². The lowest BCUT2D eigenvalue weighted by Gasteiger charge is -2.24. The standard InChI is InChI=1S/C25H21N3O5S/c1-31-16-8-4-14(5-9-16)12-19-23(29)28-22(27)21(25(30)33-3)20(18(13-26)24(28)34-19)15-6-10-17(32-2)11-7-15/h4-12,20H,27H2,1-3H3/b19-12-/t20-/m0/s1. The first kappa shape index (κ1) is 22.9. The van der Waals surface area contributed by atoms with Gasteiger partial charge in [0, 0.05) is 0 Å². The summed E-state index contributed by atoms with van der Waals surface area (Å²) in [6.45, 7) is 0. The van der Waals surface area contributed by atoms with Crippen molar-refractivity contribution in [1.29, 1.82) is 5.26 Å². The third-order valence-corrected chi connectivity index (χ3v) is 6.64. The third-order valence-electron chi connectivity index (χ3n) is 5.54. The molecule has 2 heterocycles. The van der Waals surface area contributed by atoms with Crippen LogP contribution >= 0.6 is 11.3 Å². The lowest BCUT2D eigenvalue weighted by molar-refractivity contribution is -0.136. The number of nitriles is 1. The molecule has 0 saturated carbocycles. The summed E-state index contributed by atoms with van der Waals surface area (Å²) in [4.78, 5) is 26.1. The minimum Gasteiger partial charge on any atom is -0.497 e. The van der Waals surface area contributed by atoms with Crippen LogP contribution in [0.15, 0.2) is 58.9 Å². The molecule has 0 fully saturated rings. The number of rotatable bonds is 5. The Morgan fingerprint density at radius 3 is 2.18 bits per heavy atom. The van der Waals surface area contributed by atoms with Crippen molar-refractivity contribution in [2.24, 2.45) is 5.73 Å². The van der Waals surface area contributed by atoms with Crippen molar-refractivity contribution >= 4 is 34.8 Å². The predicted octanol–water partition coefficient (Wildman–Crippen LogP) is 1.53. The zero-order chi connectivity index (χ0) is 24.4. The molecule has 0 spiro atoms. The molecule has 1 atom stereocenters. The summed E-state index contributed by atoms with van der Waals surface area (Å²) in [5.74, 6) is -0.251. The largest absolute Gasteiger partial charge is 0.497 e. The van der Waals surface area contributed by atoms with E-state index in [-0.39, 0.29) is 17.0 Å². The van der Waals surface area contributed by atoms with Crippen LogP contribution in [-0.2, 0) is 9.53 Å². The normalized spacial score (nSPS) is 15.5. The van der Waals surface area contributed by atoms with Gasteiger partial charge in [-0.15, -0.1) is 11.3 Å². The van der Waals surface area contributed by atoms with Gasteiger partial charge in [0.1, 0.15) is 22.0 Å². The Morgan fingerprint density at radius 1 is 1.06 bits per heavy atom. The van der Waals surface area contributed by atoms with Crippen molar-refractivity contribution in [2.75, 3.05) is 21.3 Å². The summed E-state index contributed by atoms with van der Waals surface area (Å²) in [5, 5.41) is 10.1. The quantitative estimate of drug-likeness (QED) is 0.556. The molecular formula is C25H21N3O5S. The number of carbonyl (C=O) groups excluding carboxylic acids is 1. The summed E-state index contributed by atoms with van der Waals surface area (Å²) in [7, 11) is 4.35. The Bertz CT molecular complexity index is 1510. The molecule has 1 aliphatic rings. The van der Waals surface area contributed by atoms with Crippen molar-refractivity contribution < 1.29 is 19.0 Å². The van der Waals surface area contributed by atoms with Crippen LogP contribution in [0.4, 0.5) is 0 Å². The Kier molecular flexibility index (Phi) is 6.25. The second-order valence-electron chi connectivity index (χ2n) is 7.35. The maximum absolute atomic E-state index is 13.3. The fraction of sp³-hybridized carbons (Fsp3) is 0.160. The molecule has 1 aliphatic heterocycles. The van der Waals surface area contributed by atoms with Gasteiger partial charge in [0.05, 0.1) is 49.0 Å². The van der Waals surface area contributed by atoms with Crippen LogP contribution in [0.25, 0.3) is 17.5 Å². The number of carbonyl (C=O) groups is 1. The number of benzene rings is 2. The van der Waals surface area contributed by atoms with E-state index in [0.717, 1.165) is 16.9 Å². The van der Waals surface area contributed by atoms with Crippen molar-refractivity contribution in [3.63, 3.8) is 0 Å². The van der Waals surface area contributed by atoms with Crippen molar-refractivity contribution in [2.45, 2.75) is 5.92 Å². The van der Waals surface area contributed by atoms with E-state index in [1.54, 1.807) is 56.7 Å². The molecule has 2 aromatic carbocycles. The SMILES string of the molecule is COC(=O)C1=C(N)n2c(s/c(=C\c3ccc(OC)cc3)c2=O)=C(C#N)[C@@H]1c1ccc(OC)cc1. The molecule has 0 amide bonds. The number of esters is 1. The molecule has 0 saturated heterocycles. The predicted molar refractivity (Wildman–Crippen MR) is 129 cm³/mol. The lowest BCUT2D eigenvalue weighted by Crippen LogP contribution is -2.40. The Balaban J connectivity index is 2.01. The van der Waals surface area contributed by atoms with Crippen LogP contribution in [0.2, 0.25) is 0 Å². The van der Waals surface area contributed by atoms with Gasteiger partial charge in [-0.25, -0.2) is 4.79 Å². The van der Waals surface area contributed by atoms with Crippen LogP contribution in [-0.4, -0.2) is 31.9 Å². The molecule has 8 nitrogen and oxygen atoms in total. The number of thiazole rings is 1. The van der Waals surface area contributed by atoms with Gasteiger partial charge in [0.2, 0.25) is 0 Å². The van der Waals surface area contributed by atoms with E-state index in [2.05, 4.69) is 6.07 Å². The summed E-state index contributed by atoms with van der Waals surface area (Å²) in [5.41, 5.74) is 7.65. The molecule has 0 radical (unpaired) electrons. The first-order chi connectivity index (χ1) is 16.4. The fourth-order valence-electron chi connectivity index (χ4n) is 3.84. The molecule has 0 unspecified atom stereocenters. The van der Waals surface area contributed by atoms with E-state index < -0.39 is 17.4 Å². The van der Waals surface area contributed by atoms with Crippen molar-refractivity contribution in [3.05, 3.63) is 84.8 Å². The second-order valence-corrected chi connectivity index (χ2v) is 8.38. The first-order valence-electron chi connectivity index (χ1n) is 10.2. The van der Waals surface area contributed by atoms with Crippen LogP contribution in [0, 0.1) is 11.3 Å². The van der Waals surface area contributed by atoms with E-state index in [1.807, 2.05) is 12.1 Å². The third kappa shape index (κ3) is 3.84. The van der Waals surface area contributed by atoms with Crippen molar-refractivity contribution in [1.82, 2.24) is 4.57 Å². The van der Waals surface area contributed by atoms with E-state index in [9.17, 15) is 14.9 Å². The number of fused-ring (bicyclic) bond motifs is 1. The Hall–Kier alpha value is -4.29. The second kappa shape index (κ2) is 9.29. The van der Waals surface area contributed by atoms with Crippen LogP contribution < -0.4 is 30.0 Å². The smallest absolute Gasteiger partial charge is 0.338 e. The topological polar surface area (TPSA) is 117 Å². The van der Waals surface area contributed by atoms with Gasteiger partial charge in [0.25, 0.3) is 5.56 Å². The number of ether oxygens (including phenoxy) is 3. The number of aromatic nitrogens is 1. The average molecular weight is 476 g/mol. The van der Waals surface area contributed by atoms with Gasteiger partial charge in [-0.1, -0.05) is 24.3 Å². The maximum Gasteiger partial charge on any atom is 0.338 e. The van der Waals surface area contributed by atoms with Crippen LogP contribution in [0.3, 0.4) is 0 Å². The lowest BCUT2D eigenvalue weighted by atomic mass is 9.84. The number of nitrogens with two attached hydrogens (primary N) is 1. The summed E-state index contributed by atoms with van der Waals surface area (Å²) in [6.07, 6.45) is 1.71. The molecule has 34 heavy (non-hydrogen) atoms. The highest BCUT2D eigenvalue weighted by Crippen LogP contribution is 2.37. The number of methoxy groups -OCH3 is 3. The van der Waals surface area contributed by atoms with Gasteiger partial charge in [-0.2, -0.15) is 5.26 Å². The number of nitrogens with zero attached hydrogens (tertiary/aromatic N) is 2. The molecular weight excluding hydrogens is 454 g/mol. The molecule has 4 rings (SSSR count). The maximum atomic E-state index is 13.3. The molecule has 9 heteroatoms. The van der Waals surface area contributed by atoms with Crippen LogP contribution in [0.5, 0.6) is 11.5 Å². The molecule has 0 bridgehead atoms. The Morgan fingerprint density at radius 2 is 1.65 bits per heavy atom. The van der Waals surface area contributed by atoms with Crippen LogP contribution in [0.1, 0.15) is 17.0 Å². The van der Waals surface area contributed by atoms with E-state index in [0.29, 0.717) is 26.3 Å². The zero-order valence-electron chi connectivity index (χ0n) is 18.7. The summed E-state index contributed by atoms with van der Waals surface area (Å²) < 4.78 is 17.3. The number of hydrogen-bond acceptors (Lipinski definition) is 8. The fourth-order valence-corrected chi connectivity index (χ4v) is 4.97. The van der Waals surface area contributed by atoms with Gasteiger partial charge < -0.3 is 19.9 Å². The molecule has 1 aromatic heterocycles. The Labute approximate surface area is 199 Å². The highest BCUT2D eigenvalue weighted by atomic mass is 32.1. The highest BCUT2D eigenvalue weighted by Gasteiger charge is 2.36. The highest BCUT2D eigenvalue weighted by molar-refractivity contribution is 7.07. The van der Waals surface area contributed by atoms with Gasteiger partial charge in [0.15, 0.2) is 0 Å². The van der Waals surface area contributed by atoms with E-state index in [4.69, 9.17) is 19.9 Å². The van der Waals surface area contributed by atoms with E-state index >= 15 is 0 Å². The van der Waals surface area contributed by atoms with Gasteiger partial charge in [-0.3, -0.25) is 9.36 Å². The zero-order valence-corrected chi connectivity index (χ0v) is 19.5. The van der Waals surface area contributed by atoms with Crippen molar-refractivity contribution in [3.8, 4) is 17.6 Å². The summed E-state index contributed by atoms with van der Waals surface area (Å²) >= 11 is 1.14. The first-order valence-corrected chi connectivity index (χ1v) is 11.0. The number of hydrogen-bond donors (Lipinski definition) is 1. The minimum absolute atomic E-state index is 0.0348. The summed E-state index contributed by atoms with van der Waals surface area (Å²) in [6, 6.07) is 16.4. The molecule has 0 aliphatic carbocycles. The molecule has 3 aromatic rings. The van der Waals surface area contributed by atoms with Gasteiger partial charge in [-0.05, 0) is 41.5 Å². The van der Waals surface area contributed by atoms with E-state index in [1.165, 1.54) is 11.7 Å². The molecule has 2 N–H and O–H groups in total. The average Bonchev–Trinajstić information content (AvgIpc) is 3.19.